The van der Waals surface area contributed by atoms with E-state index in [0.29, 0.717) is 13.0 Å². The Balaban J connectivity index is 2.32. The monoisotopic (exact) mass is 259 g/mol. The highest BCUT2D eigenvalue weighted by Crippen LogP contribution is 2.25. The number of likely N-dealkylation sites (tertiary alicyclic amines) is 1. The van der Waals surface area contributed by atoms with Crippen molar-refractivity contribution in [1.82, 2.24) is 4.90 Å². The first-order valence-corrected chi connectivity index (χ1v) is 6.35. The topological polar surface area (TPSA) is 57.6 Å². The number of aliphatic hydroxyl groups is 1. The van der Waals surface area contributed by atoms with Gasteiger partial charge in [-0.3, -0.25) is 9.59 Å². The van der Waals surface area contributed by atoms with E-state index in [2.05, 4.69) is 0 Å². The van der Waals surface area contributed by atoms with Crippen LogP contribution in [0.4, 0.5) is 0 Å². The zero-order chi connectivity index (χ0) is 14.0. The number of hydrogen-bond acceptors (Lipinski definition) is 3. The molecular weight excluding hydrogens is 242 g/mol. The minimum absolute atomic E-state index is 0.0669. The molecule has 1 heterocycles. The van der Waals surface area contributed by atoms with Gasteiger partial charge in [0.15, 0.2) is 5.78 Å². The average Bonchev–Trinajstić information content (AvgIpc) is 2.62. The molecule has 1 aliphatic rings. The fraction of sp³-hybridized carbons (Fsp3) is 0.333. The lowest BCUT2D eigenvalue weighted by Crippen LogP contribution is -2.36. The van der Waals surface area contributed by atoms with Gasteiger partial charge in [-0.05, 0) is 19.4 Å². The van der Waals surface area contributed by atoms with Crippen molar-refractivity contribution in [2.24, 2.45) is 0 Å². The lowest BCUT2D eigenvalue weighted by molar-refractivity contribution is -0.126. The third-order valence-corrected chi connectivity index (χ3v) is 3.37. The van der Waals surface area contributed by atoms with E-state index >= 15 is 0 Å². The summed E-state index contributed by atoms with van der Waals surface area (Å²) in [6, 6.07) is 9.07. The summed E-state index contributed by atoms with van der Waals surface area (Å²) in [6.45, 7) is 3.67. The average molecular weight is 259 g/mol. The van der Waals surface area contributed by atoms with Gasteiger partial charge >= 0.3 is 0 Å². The van der Waals surface area contributed by atoms with E-state index < -0.39 is 6.04 Å². The number of nitrogens with zero attached hydrogens (tertiary/aromatic N) is 1. The number of aliphatic hydroxyl groups excluding tert-OH is 1. The molecule has 0 saturated carbocycles. The standard InChI is InChI=1S/C15H17NO3/c1-3-16-12(9-11-7-5-4-6-8-11)14(18)13(10(2)17)15(16)19/h4-8,12,17H,3,9H2,1-2H3/b13-10-/t12-/m0/s1. The van der Waals surface area contributed by atoms with Crippen molar-refractivity contribution in [3.63, 3.8) is 0 Å². The van der Waals surface area contributed by atoms with Crippen molar-refractivity contribution < 1.29 is 14.7 Å². The Bertz CT molecular complexity index is 530. The summed E-state index contributed by atoms with van der Waals surface area (Å²) in [4.78, 5) is 25.8. The van der Waals surface area contributed by atoms with Crippen molar-refractivity contribution >= 4 is 11.7 Å². The number of ketones is 1. The van der Waals surface area contributed by atoms with Crippen molar-refractivity contribution in [1.29, 1.82) is 0 Å². The predicted octanol–water partition coefficient (Wildman–Crippen LogP) is 1.86. The molecule has 2 rings (SSSR count). The van der Waals surface area contributed by atoms with E-state index in [-0.39, 0.29) is 23.0 Å². The fourth-order valence-corrected chi connectivity index (χ4v) is 2.44. The lowest BCUT2D eigenvalue weighted by atomic mass is 10.0. The Morgan fingerprint density at radius 1 is 1.26 bits per heavy atom. The summed E-state index contributed by atoms with van der Waals surface area (Å²) in [5, 5.41) is 9.50. The van der Waals surface area contributed by atoms with Gasteiger partial charge in [-0.15, -0.1) is 0 Å². The van der Waals surface area contributed by atoms with Gasteiger partial charge in [-0.25, -0.2) is 0 Å². The van der Waals surface area contributed by atoms with Crippen molar-refractivity contribution in [3.05, 3.63) is 47.2 Å². The van der Waals surface area contributed by atoms with Crippen LogP contribution in [0.2, 0.25) is 0 Å². The molecular formula is C15H17NO3. The predicted molar refractivity (Wildman–Crippen MR) is 71.7 cm³/mol. The molecule has 0 radical (unpaired) electrons. The molecule has 1 atom stereocenters. The number of carbonyl (C=O) groups is 2. The van der Waals surface area contributed by atoms with Gasteiger partial charge in [0.05, 0.1) is 6.04 Å². The van der Waals surface area contributed by atoms with Gasteiger partial charge in [0.25, 0.3) is 5.91 Å². The van der Waals surface area contributed by atoms with Crippen LogP contribution in [0.15, 0.2) is 41.7 Å². The summed E-state index contributed by atoms with van der Waals surface area (Å²) >= 11 is 0. The van der Waals surface area contributed by atoms with Crippen LogP contribution in [-0.2, 0) is 16.0 Å². The first-order chi connectivity index (χ1) is 9.06. The molecule has 1 aliphatic heterocycles. The Labute approximate surface area is 112 Å². The minimum atomic E-state index is -0.503. The Morgan fingerprint density at radius 3 is 2.42 bits per heavy atom. The van der Waals surface area contributed by atoms with Crippen LogP contribution in [0.5, 0.6) is 0 Å². The van der Waals surface area contributed by atoms with E-state index in [0.717, 1.165) is 5.56 Å². The highest BCUT2D eigenvalue weighted by molar-refractivity contribution is 6.26. The van der Waals surface area contributed by atoms with Crippen LogP contribution in [0, 0.1) is 0 Å². The molecule has 1 amide bonds. The van der Waals surface area contributed by atoms with E-state index in [1.807, 2.05) is 37.3 Å². The highest BCUT2D eigenvalue weighted by Gasteiger charge is 2.43. The molecule has 100 valence electrons. The molecule has 19 heavy (non-hydrogen) atoms. The van der Waals surface area contributed by atoms with E-state index in [1.54, 1.807) is 0 Å². The number of rotatable bonds is 3. The highest BCUT2D eigenvalue weighted by atomic mass is 16.3. The molecule has 0 aromatic heterocycles. The molecule has 1 fully saturated rings. The first kappa shape index (κ1) is 13.3. The molecule has 1 N–H and O–H groups in total. The lowest BCUT2D eigenvalue weighted by Gasteiger charge is -2.21. The summed E-state index contributed by atoms with van der Waals surface area (Å²) in [7, 11) is 0. The Hall–Kier alpha value is -2.10. The third-order valence-electron chi connectivity index (χ3n) is 3.37. The summed E-state index contributed by atoms with van der Waals surface area (Å²) < 4.78 is 0. The number of likely N-dealkylation sites (N-methyl/N-ethyl adjacent to an activating group) is 1. The molecule has 1 saturated heterocycles. The molecule has 1 aromatic rings. The fourth-order valence-electron chi connectivity index (χ4n) is 2.44. The quantitative estimate of drug-likeness (QED) is 0.512. The Morgan fingerprint density at radius 2 is 1.89 bits per heavy atom. The van der Waals surface area contributed by atoms with Crippen molar-refractivity contribution in [2.45, 2.75) is 26.3 Å². The number of benzene rings is 1. The second-order valence-electron chi connectivity index (χ2n) is 4.62. The van der Waals surface area contributed by atoms with Crippen LogP contribution in [0.3, 0.4) is 0 Å². The van der Waals surface area contributed by atoms with Crippen LogP contribution in [-0.4, -0.2) is 34.3 Å². The Kier molecular flexibility index (Phi) is 3.69. The normalized spacial score (nSPS) is 22.0. The van der Waals surface area contributed by atoms with Gasteiger partial charge < -0.3 is 10.0 Å². The van der Waals surface area contributed by atoms with E-state index in [1.165, 1.54) is 11.8 Å². The summed E-state index contributed by atoms with van der Waals surface area (Å²) in [5.74, 6) is -0.840. The van der Waals surface area contributed by atoms with Crippen LogP contribution in [0.1, 0.15) is 19.4 Å². The maximum Gasteiger partial charge on any atom is 0.261 e. The van der Waals surface area contributed by atoms with Gasteiger partial charge in [-0.1, -0.05) is 30.3 Å². The van der Waals surface area contributed by atoms with Crippen molar-refractivity contribution in [2.75, 3.05) is 6.54 Å². The zero-order valence-corrected chi connectivity index (χ0v) is 11.1. The van der Waals surface area contributed by atoms with E-state index in [4.69, 9.17) is 0 Å². The van der Waals surface area contributed by atoms with E-state index in [9.17, 15) is 14.7 Å². The maximum atomic E-state index is 12.3. The SMILES string of the molecule is CCN1C(=O)/C(=C(/C)O)C(=O)[C@@H]1Cc1ccccc1. The van der Waals surface area contributed by atoms with Gasteiger partial charge in [-0.2, -0.15) is 0 Å². The maximum absolute atomic E-state index is 12.3. The zero-order valence-electron chi connectivity index (χ0n) is 11.1. The van der Waals surface area contributed by atoms with Gasteiger partial charge in [0.1, 0.15) is 11.3 Å². The second kappa shape index (κ2) is 5.26. The minimum Gasteiger partial charge on any atom is -0.512 e. The smallest absolute Gasteiger partial charge is 0.261 e. The number of carbonyl (C=O) groups excluding carboxylic acids is 2. The third kappa shape index (κ3) is 2.38. The second-order valence-corrected chi connectivity index (χ2v) is 4.62. The summed E-state index contributed by atoms with van der Waals surface area (Å²) in [5.41, 5.74) is 0.937. The molecule has 4 heteroatoms. The molecule has 1 aromatic carbocycles. The first-order valence-electron chi connectivity index (χ1n) is 6.35. The largest absolute Gasteiger partial charge is 0.512 e. The van der Waals surface area contributed by atoms with Crippen LogP contribution >= 0.6 is 0 Å². The van der Waals surface area contributed by atoms with Crippen LogP contribution < -0.4 is 0 Å². The number of allylic oxidation sites excluding steroid dienone is 1. The van der Waals surface area contributed by atoms with Crippen LogP contribution in [0.25, 0.3) is 0 Å². The molecule has 0 spiro atoms. The molecule has 0 bridgehead atoms. The van der Waals surface area contributed by atoms with Gasteiger partial charge in [0.2, 0.25) is 0 Å². The molecule has 4 nitrogen and oxygen atoms in total. The molecule has 0 aliphatic carbocycles. The summed E-state index contributed by atoms with van der Waals surface area (Å²) in [6.07, 6.45) is 0.482. The molecule has 0 unspecified atom stereocenters. The number of amides is 1. The number of hydrogen-bond donors (Lipinski definition) is 1. The number of Topliss-reactive ketones (excluding diaryl/α,β-unsaturated/α-hetero) is 1. The van der Waals surface area contributed by atoms with Gasteiger partial charge in [0, 0.05) is 13.0 Å². The van der Waals surface area contributed by atoms with Crippen molar-refractivity contribution in [3.8, 4) is 0 Å².